The summed E-state index contributed by atoms with van der Waals surface area (Å²) in [6, 6.07) is 6.15. The van der Waals surface area contributed by atoms with Gasteiger partial charge in [-0.3, -0.25) is 0 Å². The monoisotopic (exact) mass is 178 g/mol. The Morgan fingerprint density at radius 2 is 2.31 bits per heavy atom. The van der Waals surface area contributed by atoms with Crippen LogP contribution >= 0.6 is 0 Å². The third-order valence-electron chi connectivity index (χ3n) is 2.50. The molecule has 2 N–H and O–H groups in total. The molecule has 13 heavy (non-hydrogen) atoms. The molecule has 1 aliphatic rings. The third-order valence-corrected chi connectivity index (χ3v) is 2.50. The lowest BCUT2D eigenvalue weighted by Gasteiger charge is -2.33. The molecule has 0 saturated carbocycles. The Bertz CT molecular complexity index is 325. The van der Waals surface area contributed by atoms with Gasteiger partial charge in [-0.1, -0.05) is 0 Å². The molecule has 3 nitrogen and oxygen atoms in total. The molecule has 0 fully saturated rings. The number of fused-ring (bicyclic) bond motifs is 1. The molecule has 2 rings (SSSR count). The Labute approximate surface area is 78.1 Å². The van der Waals surface area contributed by atoms with Gasteiger partial charge in [0, 0.05) is 12.7 Å². The SMILES string of the molecule is CC1COc2ccc(N)cc2N1C. The molecule has 1 aliphatic heterocycles. The quantitative estimate of drug-likeness (QED) is 0.612. The summed E-state index contributed by atoms with van der Waals surface area (Å²) in [6.07, 6.45) is 0. The zero-order valence-corrected chi connectivity index (χ0v) is 7.95. The Hall–Kier alpha value is -1.38. The van der Waals surface area contributed by atoms with Gasteiger partial charge in [-0.05, 0) is 25.1 Å². The highest BCUT2D eigenvalue weighted by atomic mass is 16.5. The van der Waals surface area contributed by atoms with Crippen molar-refractivity contribution in [1.82, 2.24) is 0 Å². The van der Waals surface area contributed by atoms with Crippen LogP contribution in [0.1, 0.15) is 6.92 Å². The van der Waals surface area contributed by atoms with Crippen LogP contribution in [0.5, 0.6) is 5.75 Å². The molecule has 70 valence electrons. The normalized spacial score (nSPS) is 20.8. The predicted octanol–water partition coefficient (Wildman–Crippen LogP) is 1.49. The Kier molecular flexibility index (Phi) is 1.79. The zero-order chi connectivity index (χ0) is 9.42. The largest absolute Gasteiger partial charge is 0.489 e. The van der Waals surface area contributed by atoms with E-state index < -0.39 is 0 Å². The standard InChI is InChI=1S/C10H14N2O/c1-7-6-13-10-4-3-8(11)5-9(10)12(7)2/h3-5,7H,6,11H2,1-2H3. The van der Waals surface area contributed by atoms with Crippen molar-refractivity contribution in [3.8, 4) is 5.75 Å². The minimum atomic E-state index is 0.411. The topological polar surface area (TPSA) is 38.5 Å². The number of anilines is 2. The van der Waals surface area contributed by atoms with Gasteiger partial charge in [0.2, 0.25) is 0 Å². The molecular weight excluding hydrogens is 164 g/mol. The van der Waals surface area contributed by atoms with Crippen molar-refractivity contribution >= 4 is 11.4 Å². The van der Waals surface area contributed by atoms with Gasteiger partial charge in [-0.15, -0.1) is 0 Å². The molecule has 0 amide bonds. The maximum Gasteiger partial charge on any atom is 0.142 e. The lowest BCUT2D eigenvalue weighted by Crippen LogP contribution is -2.37. The van der Waals surface area contributed by atoms with Gasteiger partial charge in [0.25, 0.3) is 0 Å². The summed E-state index contributed by atoms with van der Waals surface area (Å²) in [5.41, 5.74) is 7.57. The van der Waals surface area contributed by atoms with E-state index in [4.69, 9.17) is 10.5 Å². The van der Waals surface area contributed by atoms with E-state index in [1.807, 2.05) is 18.2 Å². The summed E-state index contributed by atoms with van der Waals surface area (Å²) in [5.74, 6) is 0.926. The van der Waals surface area contributed by atoms with Crippen LogP contribution < -0.4 is 15.4 Å². The number of hydrogen-bond donors (Lipinski definition) is 1. The van der Waals surface area contributed by atoms with Crippen molar-refractivity contribution in [2.75, 3.05) is 24.3 Å². The molecule has 0 saturated heterocycles. The molecule has 3 heteroatoms. The molecule has 1 atom stereocenters. The van der Waals surface area contributed by atoms with Gasteiger partial charge in [-0.25, -0.2) is 0 Å². The molecule has 0 radical (unpaired) electrons. The van der Waals surface area contributed by atoms with Crippen LogP contribution in [0, 0.1) is 0 Å². The Balaban J connectivity index is 2.45. The summed E-state index contributed by atoms with van der Waals surface area (Å²) < 4.78 is 5.56. The van der Waals surface area contributed by atoms with Gasteiger partial charge >= 0.3 is 0 Å². The molecule has 1 heterocycles. The van der Waals surface area contributed by atoms with Gasteiger partial charge in [-0.2, -0.15) is 0 Å². The van der Waals surface area contributed by atoms with Gasteiger partial charge < -0.3 is 15.4 Å². The van der Waals surface area contributed by atoms with Crippen LogP contribution in [0.15, 0.2) is 18.2 Å². The number of ether oxygens (including phenoxy) is 1. The first-order valence-electron chi connectivity index (χ1n) is 4.43. The Morgan fingerprint density at radius 1 is 1.54 bits per heavy atom. The number of likely N-dealkylation sites (N-methyl/N-ethyl adjacent to an activating group) is 1. The van der Waals surface area contributed by atoms with Crippen LogP contribution in [0.3, 0.4) is 0 Å². The predicted molar refractivity (Wildman–Crippen MR) is 54.2 cm³/mol. The average Bonchev–Trinajstić information content (AvgIpc) is 2.12. The lowest BCUT2D eigenvalue weighted by atomic mass is 10.2. The fraction of sp³-hybridized carbons (Fsp3) is 0.400. The number of nitrogen functional groups attached to an aromatic ring is 1. The first-order valence-corrected chi connectivity index (χ1v) is 4.43. The summed E-state index contributed by atoms with van der Waals surface area (Å²) in [6.45, 7) is 2.87. The maximum absolute atomic E-state index is 5.71. The van der Waals surface area contributed by atoms with E-state index in [1.165, 1.54) is 0 Å². The molecule has 1 aromatic rings. The van der Waals surface area contributed by atoms with Gasteiger partial charge in [0.05, 0.1) is 11.7 Å². The van der Waals surface area contributed by atoms with Crippen molar-refractivity contribution < 1.29 is 4.74 Å². The minimum absolute atomic E-state index is 0.411. The highest BCUT2D eigenvalue weighted by Crippen LogP contribution is 2.34. The fourth-order valence-corrected chi connectivity index (χ4v) is 1.49. The number of nitrogens with zero attached hydrogens (tertiary/aromatic N) is 1. The summed E-state index contributed by atoms with van der Waals surface area (Å²) in [7, 11) is 2.06. The van der Waals surface area contributed by atoms with Crippen LogP contribution in [0.2, 0.25) is 0 Å². The summed E-state index contributed by atoms with van der Waals surface area (Å²) >= 11 is 0. The smallest absolute Gasteiger partial charge is 0.142 e. The molecular formula is C10H14N2O. The lowest BCUT2D eigenvalue weighted by molar-refractivity contribution is 0.275. The summed E-state index contributed by atoms with van der Waals surface area (Å²) in [4.78, 5) is 2.19. The van der Waals surface area contributed by atoms with Crippen molar-refractivity contribution in [2.45, 2.75) is 13.0 Å². The molecule has 1 aromatic carbocycles. The number of rotatable bonds is 0. The first-order chi connectivity index (χ1) is 6.18. The number of nitrogens with two attached hydrogens (primary N) is 1. The van der Waals surface area contributed by atoms with Gasteiger partial charge in [0.1, 0.15) is 12.4 Å². The second-order valence-corrected chi connectivity index (χ2v) is 3.50. The third kappa shape index (κ3) is 1.30. The molecule has 0 aliphatic carbocycles. The molecule has 1 unspecified atom stereocenters. The van der Waals surface area contributed by atoms with E-state index in [9.17, 15) is 0 Å². The highest BCUT2D eigenvalue weighted by molar-refractivity contribution is 5.66. The maximum atomic E-state index is 5.71. The van der Waals surface area contributed by atoms with E-state index in [0.29, 0.717) is 6.04 Å². The van der Waals surface area contributed by atoms with Crippen molar-refractivity contribution in [1.29, 1.82) is 0 Å². The van der Waals surface area contributed by atoms with Crippen molar-refractivity contribution in [2.24, 2.45) is 0 Å². The van der Waals surface area contributed by atoms with E-state index in [2.05, 4.69) is 18.9 Å². The van der Waals surface area contributed by atoms with Crippen LogP contribution in [-0.4, -0.2) is 19.7 Å². The number of hydrogen-bond acceptors (Lipinski definition) is 3. The second-order valence-electron chi connectivity index (χ2n) is 3.50. The highest BCUT2D eigenvalue weighted by Gasteiger charge is 2.20. The minimum Gasteiger partial charge on any atom is -0.489 e. The van der Waals surface area contributed by atoms with E-state index in [-0.39, 0.29) is 0 Å². The van der Waals surface area contributed by atoms with E-state index in [1.54, 1.807) is 0 Å². The molecule has 0 spiro atoms. The van der Waals surface area contributed by atoms with Crippen LogP contribution in [0.4, 0.5) is 11.4 Å². The summed E-state index contributed by atoms with van der Waals surface area (Å²) in [5, 5.41) is 0. The fourth-order valence-electron chi connectivity index (χ4n) is 1.49. The van der Waals surface area contributed by atoms with Crippen molar-refractivity contribution in [3.63, 3.8) is 0 Å². The van der Waals surface area contributed by atoms with Crippen LogP contribution in [0.25, 0.3) is 0 Å². The average molecular weight is 178 g/mol. The van der Waals surface area contributed by atoms with E-state index >= 15 is 0 Å². The van der Waals surface area contributed by atoms with Gasteiger partial charge in [0.15, 0.2) is 0 Å². The second kappa shape index (κ2) is 2.83. The Morgan fingerprint density at radius 3 is 3.08 bits per heavy atom. The first kappa shape index (κ1) is 8.23. The van der Waals surface area contributed by atoms with Crippen molar-refractivity contribution in [3.05, 3.63) is 18.2 Å². The molecule has 0 bridgehead atoms. The number of benzene rings is 1. The zero-order valence-electron chi connectivity index (χ0n) is 7.95. The van der Waals surface area contributed by atoms with Crippen LogP contribution in [-0.2, 0) is 0 Å². The van der Waals surface area contributed by atoms with E-state index in [0.717, 1.165) is 23.7 Å². The molecule has 0 aromatic heterocycles.